The van der Waals surface area contributed by atoms with Gasteiger partial charge < -0.3 is 15.0 Å². The summed E-state index contributed by atoms with van der Waals surface area (Å²) in [6.45, 7) is 0.860. The zero-order valence-electron chi connectivity index (χ0n) is 14.5. The van der Waals surface area contributed by atoms with Gasteiger partial charge >= 0.3 is 0 Å². The molecule has 3 aromatic rings. The minimum Gasteiger partial charge on any atom is -0.380 e. The lowest BCUT2D eigenvalue weighted by Crippen LogP contribution is -2.29. The fourth-order valence-corrected chi connectivity index (χ4v) is 2.71. The van der Waals surface area contributed by atoms with Crippen LogP contribution >= 0.6 is 0 Å². The van der Waals surface area contributed by atoms with Crippen molar-refractivity contribution in [2.75, 3.05) is 7.11 Å². The predicted octanol–water partition coefficient (Wildman–Crippen LogP) is 3.12. The molecule has 0 aliphatic heterocycles. The van der Waals surface area contributed by atoms with Crippen LogP contribution in [-0.2, 0) is 17.9 Å². The van der Waals surface area contributed by atoms with Crippen LogP contribution in [0, 0.1) is 0 Å². The molecule has 0 atom stereocenters. The maximum absolute atomic E-state index is 12.3. The maximum atomic E-state index is 12.3. The first-order valence-corrected chi connectivity index (χ1v) is 8.31. The number of hydrogen-bond donors (Lipinski definition) is 2. The molecule has 1 amide bonds. The van der Waals surface area contributed by atoms with Crippen molar-refractivity contribution in [2.24, 2.45) is 0 Å². The van der Waals surface area contributed by atoms with E-state index < -0.39 is 11.5 Å². The highest BCUT2D eigenvalue weighted by Crippen LogP contribution is 2.14. The Kier molecular flexibility index (Phi) is 5.61. The van der Waals surface area contributed by atoms with Crippen LogP contribution in [0.5, 0.6) is 0 Å². The molecule has 2 N–H and O–H groups in total. The highest BCUT2D eigenvalue weighted by atomic mass is 16.5. The number of ether oxygens (including phenoxy) is 1. The third-order valence-electron chi connectivity index (χ3n) is 3.99. The Bertz CT molecular complexity index is 949. The smallest absolute Gasteiger partial charge is 0.261 e. The van der Waals surface area contributed by atoms with E-state index in [1.165, 1.54) is 0 Å². The molecule has 2 aromatic carbocycles. The second-order valence-electron chi connectivity index (χ2n) is 5.92. The normalized spacial score (nSPS) is 10.5. The zero-order valence-corrected chi connectivity index (χ0v) is 14.5. The van der Waals surface area contributed by atoms with E-state index in [-0.39, 0.29) is 5.56 Å². The summed E-state index contributed by atoms with van der Waals surface area (Å²) in [6.07, 6.45) is 0. The van der Waals surface area contributed by atoms with Crippen molar-refractivity contribution < 1.29 is 9.53 Å². The number of carbonyl (C=O) groups is 1. The summed E-state index contributed by atoms with van der Waals surface area (Å²) in [4.78, 5) is 27.4. The van der Waals surface area contributed by atoms with Gasteiger partial charge in [0.1, 0.15) is 5.56 Å². The number of nitrogens with one attached hydrogen (secondary N) is 2. The van der Waals surface area contributed by atoms with Crippen LogP contribution < -0.4 is 10.9 Å². The van der Waals surface area contributed by atoms with Gasteiger partial charge in [0.05, 0.1) is 6.61 Å². The van der Waals surface area contributed by atoms with E-state index in [1.54, 1.807) is 19.2 Å². The van der Waals surface area contributed by atoms with Gasteiger partial charge in [-0.2, -0.15) is 0 Å². The van der Waals surface area contributed by atoms with Crippen LogP contribution in [0.2, 0.25) is 0 Å². The summed E-state index contributed by atoms with van der Waals surface area (Å²) in [5.41, 5.74) is 3.25. The summed E-state index contributed by atoms with van der Waals surface area (Å²) in [6, 6.07) is 20.6. The molecule has 0 radical (unpaired) electrons. The van der Waals surface area contributed by atoms with Crippen LogP contribution in [0.15, 0.2) is 71.5 Å². The number of benzene rings is 2. The standard InChI is InChI=1S/C21H20N2O3/c1-26-14-16-7-5-6-15(12-16)13-22-20(24)18-10-11-19(23-21(18)25)17-8-3-2-4-9-17/h2-12H,13-14H2,1H3,(H,22,24)(H,23,25). The van der Waals surface area contributed by atoms with Crippen LogP contribution in [0.4, 0.5) is 0 Å². The molecule has 5 nitrogen and oxygen atoms in total. The third-order valence-corrected chi connectivity index (χ3v) is 3.99. The molecular weight excluding hydrogens is 328 g/mol. The van der Waals surface area contributed by atoms with E-state index in [2.05, 4.69) is 10.3 Å². The number of carbonyl (C=O) groups excluding carboxylic acids is 1. The SMILES string of the molecule is COCc1cccc(CNC(=O)c2ccc(-c3ccccc3)[nH]c2=O)c1. The van der Waals surface area contributed by atoms with Crippen molar-refractivity contribution in [1.82, 2.24) is 10.3 Å². The van der Waals surface area contributed by atoms with Gasteiger partial charge in [0.2, 0.25) is 0 Å². The average molecular weight is 348 g/mol. The van der Waals surface area contributed by atoms with E-state index in [0.717, 1.165) is 16.7 Å². The highest BCUT2D eigenvalue weighted by molar-refractivity contribution is 5.94. The molecule has 1 heterocycles. The van der Waals surface area contributed by atoms with Crippen LogP contribution in [-0.4, -0.2) is 18.0 Å². The Morgan fingerprint density at radius 2 is 1.77 bits per heavy atom. The molecule has 1 aromatic heterocycles. The van der Waals surface area contributed by atoms with Gasteiger partial charge in [0.15, 0.2) is 0 Å². The Labute approximate surface area is 151 Å². The number of amides is 1. The number of aromatic amines is 1. The van der Waals surface area contributed by atoms with Gasteiger partial charge in [0, 0.05) is 19.3 Å². The van der Waals surface area contributed by atoms with E-state index in [4.69, 9.17) is 4.74 Å². The van der Waals surface area contributed by atoms with Gasteiger partial charge in [-0.3, -0.25) is 9.59 Å². The molecule has 5 heteroatoms. The lowest BCUT2D eigenvalue weighted by Gasteiger charge is -2.08. The van der Waals surface area contributed by atoms with Crippen molar-refractivity contribution >= 4 is 5.91 Å². The first-order chi connectivity index (χ1) is 12.7. The molecule has 26 heavy (non-hydrogen) atoms. The van der Waals surface area contributed by atoms with Gasteiger partial charge in [0.25, 0.3) is 11.5 Å². The minimum atomic E-state index is -0.406. The van der Waals surface area contributed by atoms with Gasteiger partial charge in [-0.15, -0.1) is 0 Å². The topological polar surface area (TPSA) is 71.2 Å². The first-order valence-electron chi connectivity index (χ1n) is 8.31. The van der Waals surface area contributed by atoms with E-state index in [9.17, 15) is 9.59 Å². The fourth-order valence-electron chi connectivity index (χ4n) is 2.71. The van der Waals surface area contributed by atoms with Crippen molar-refractivity contribution in [1.29, 1.82) is 0 Å². The number of aromatic nitrogens is 1. The summed E-state index contributed by atoms with van der Waals surface area (Å²) in [5, 5.41) is 2.78. The number of hydrogen-bond acceptors (Lipinski definition) is 3. The van der Waals surface area contributed by atoms with E-state index in [0.29, 0.717) is 18.8 Å². The molecule has 0 unspecified atom stereocenters. The third kappa shape index (κ3) is 4.26. The Balaban J connectivity index is 1.70. The Morgan fingerprint density at radius 3 is 2.50 bits per heavy atom. The van der Waals surface area contributed by atoms with Crippen LogP contribution in [0.25, 0.3) is 11.3 Å². The average Bonchev–Trinajstić information content (AvgIpc) is 2.67. The summed E-state index contributed by atoms with van der Waals surface area (Å²) < 4.78 is 5.11. The largest absolute Gasteiger partial charge is 0.380 e. The monoisotopic (exact) mass is 348 g/mol. The highest BCUT2D eigenvalue weighted by Gasteiger charge is 2.11. The van der Waals surface area contributed by atoms with Gasteiger partial charge in [-0.05, 0) is 28.8 Å². The second-order valence-corrected chi connectivity index (χ2v) is 5.92. The lowest BCUT2D eigenvalue weighted by atomic mass is 10.1. The molecule has 0 saturated heterocycles. The van der Waals surface area contributed by atoms with Gasteiger partial charge in [-0.25, -0.2) is 0 Å². The van der Waals surface area contributed by atoms with Crippen LogP contribution in [0.1, 0.15) is 21.5 Å². The Morgan fingerprint density at radius 1 is 1.00 bits per heavy atom. The quantitative estimate of drug-likeness (QED) is 0.719. The molecule has 0 aliphatic rings. The molecule has 0 aliphatic carbocycles. The molecular formula is C21H20N2O3. The molecule has 132 valence electrons. The zero-order chi connectivity index (χ0) is 18.4. The van der Waals surface area contributed by atoms with Crippen molar-refractivity contribution in [3.8, 4) is 11.3 Å². The summed E-state index contributed by atoms with van der Waals surface area (Å²) in [5.74, 6) is -0.400. The molecule has 0 saturated carbocycles. The molecule has 0 bridgehead atoms. The number of methoxy groups -OCH3 is 1. The maximum Gasteiger partial charge on any atom is 0.261 e. The van der Waals surface area contributed by atoms with Gasteiger partial charge in [-0.1, -0.05) is 54.6 Å². The lowest BCUT2D eigenvalue weighted by molar-refractivity contribution is 0.0949. The second kappa shape index (κ2) is 8.27. The molecule has 0 spiro atoms. The van der Waals surface area contributed by atoms with Crippen molar-refractivity contribution in [3.63, 3.8) is 0 Å². The molecule has 3 rings (SSSR count). The van der Waals surface area contributed by atoms with Crippen molar-refractivity contribution in [2.45, 2.75) is 13.2 Å². The number of pyridine rings is 1. The fraction of sp³-hybridized carbons (Fsp3) is 0.143. The predicted molar refractivity (Wildman–Crippen MR) is 101 cm³/mol. The summed E-state index contributed by atoms with van der Waals surface area (Å²) >= 11 is 0. The first kappa shape index (κ1) is 17.6. The van der Waals surface area contributed by atoms with Crippen LogP contribution in [0.3, 0.4) is 0 Å². The number of rotatable bonds is 6. The Hall–Kier alpha value is -3.18. The van der Waals surface area contributed by atoms with E-state index >= 15 is 0 Å². The summed E-state index contributed by atoms with van der Waals surface area (Å²) in [7, 11) is 1.64. The van der Waals surface area contributed by atoms with Crippen molar-refractivity contribution in [3.05, 3.63) is 93.8 Å². The number of H-pyrrole nitrogens is 1. The minimum absolute atomic E-state index is 0.0951. The van der Waals surface area contributed by atoms with E-state index in [1.807, 2.05) is 54.6 Å². The molecule has 0 fully saturated rings.